The number of rotatable bonds is 9. The van der Waals surface area contributed by atoms with Crippen molar-refractivity contribution in [1.29, 1.82) is 0 Å². The molecule has 3 aromatic heterocycles. The Morgan fingerprint density at radius 1 is 1.07 bits per heavy atom. The molecular weight excluding hydrogens is 611 g/mol. The highest BCUT2D eigenvalue weighted by atomic mass is 35.5. The van der Waals surface area contributed by atoms with Crippen LogP contribution in [0.25, 0.3) is 33.6 Å². The number of aryl methyl sites for hydroxylation is 1. The minimum absolute atomic E-state index is 0. The molecule has 2 fully saturated rings. The number of nitrogens with one attached hydrogen (secondary N) is 3. The highest BCUT2D eigenvalue weighted by Crippen LogP contribution is 2.35. The maximum Gasteiger partial charge on any atom is 0.251 e. The molecule has 1 saturated carbocycles. The van der Waals surface area contributed by atoms with Crippen LogP contribution in [0, 0.1) is 5.92 Å². The normalized spacial score (nSPS) is 18.0. The van der Waals surface area contributed by atoms with Gasteiger partial charge < -0.3 is 30.0 Å². The molecule has 6 rings (SSSR count). The number of hydrogen-bond acceptors (Lipinski definition) is 6. The topological polar surface area (TPSA) is 109 Å². The molecule has 3 N–H and O–H groups in total. The molecule has 43 heavy (non-hydrogen) atoms. The lowest BCUT2D eigenvalue weighted by molar-refractivity contribution is -0.117. The first-order valence-electron chi connectivity index (χ1n) is 13.9. The van der Waals surface area contributed by atoms with Gasteiger partial charge in [-0.05, 0) is 69.3 Å². The highest BCUT2D eigenvalue weighted by molar-refractivity contribution is 5.98. The number of benzene rings is 1. The summed E-state index contributed by atoms with van der Waals surface area (Å²) in [5.74, 6) is 1.20. The smallest absolute Gasteiger partial charge is 0.251 e. The predicted molar refractivity (Wildman–Crippen MR) is 178 cm³/mol. The van der Waals surface area contributed by atoms with E-state index in [2.05, 4.69) is 42.2 Å². The number of carbonyl (C=O) groups excluding carboxylic acids is 2. The number of imidazole rings is 1. The van der Waals surface area contributed by atoms with Crippen LogP contribution in [0.15, 0.2) is 54.7 Å². The van der Waals surface area contributed by atoms with Crippen LogP contribution in [0.2, 0.25) is 0 Å². The van der Waals surface area contributed by atoms with Crippen LogP contribution in [-0.4, -0.2) is 81.6 Å². The molecule has 4 aromatic rings. The van der Waals surface area contributed by atoms with Crippen molar-refractivity contribution in [3.05, 3.63) is 60.3 Å². The molecule has 13 heteroatoms. The lowest BCUT2D eigenvalue weighted by Crippen LogP contribution is -2.50. The average Bonchev–Trinajstić information content (AvgIpc) is 3.41. The fourth-order valence-electron chi connectivity index (χ4n) is 5.42. The summed E-state index contributed by atoms with van der Waals surface area (Å²) in [5, 5.41) is 10.5. The highest BCUT2D eigenvalue weighted by Gasteiger charge is 2.30. The Labute approximate surface area is 269 Å². The minimum Gasteiger partial charge on any atom is -0.346 e. The fraction of sp³-hybridized carbons (Fsp3) is 0.400. The summed E-state index contributed by atoms with van der Waals surface area (Å²) in [5.41, 5.74) is 4.29. The number of halogens is 3. The quantitative estimate of drug-likeness (QED) is 0.239. The number of fused-ring (bicyclic) bond motifs is 2. The summed E-state index contributed by atoms with van der Waals surface area (Å²) in [7, 11) is 5.91. The monoisotopic (exact) mass is 648 g/mol. The first kappa shape index (κ1) is 34.3. The molecule has 0 radical (unpaired) electrons. The van der Waals surface area contributed by atoms with E-state index in [0.29, 0.717) is 31.1 Å². The standard InChI is InChI=1S/C30H36N8O2.3ClH/c1-36(2)13-5-7-27(39)33-23-16-31-17-24(23)35-30(40)21-10-11-25-22(14-21)34-29(37(25)3)26-15-20-6-4-12-32-28(20)38(26)18-19-8-9-19;;;/h4-7,10-12,14-15,19,23-24,31H,8-9,13,16-18H2,1-3H3,(H,33,39)(H,35,40);3*1H/b7-5+;;;/t23-,24-;;;/m1.../s1. The average molecular weight is 650 g/mol. The van der Waals surface area contributed by atoms with Gasteiger partial charge in [0.2, 0.25) is 5.91 Å². The van der Waals surface area contributed by atoms with Crippen LogP contribution >= 0.6 is 37.2 Å². The summed E-state index contributed by atoms with van der Waals surface area (Å²) < 4.78 is 4.38. The summed E-state index contributed by atoms with van der Waals surface area (Å²) >= 11 is 0. The number of likely N-dealkylation sites (N-methyl/N-ethyl adjacent to an activating group) is 1. The molecule has 2 aliphatic rings. The zero-order valence-corrected chi connectivity index (χ0v) is 26.9. The Morgan fingerprint density at radius 2 is 1.81 bits per heavy atom. The number of amides is 2. The summed E-state index contributed by atoms with van der Waals surface area (Å²) in [4.78, 5) is 37.2. The van der Waals surface area contributed by atoms with E-state index in [0.717, 1.165) is 40.1 Å². The van der Waals surface area contributed by atoms with Crippen molar-refractivity contribution >= 4 is 71.1 Å². The molecule has 232 valence electrons. The van der Waals surface area contributed by atoms with Gasteiger partial charge in [-0.25, -0.2) is 9.97 Å². The Bertz CT molecular complexity index is 1610. The van der Waals surface area contributed by atoms with Gasteiger partial charge in [0.15, 0.2) is 5.82 Å². The minimum atomic E-state index is -0.209. The van der Waals surface area contributed by atoms with E-state index < -0.39 is 0 Å². The van der Waals surface area contributed by atoms with Crippen molar-refractivity contribution in [2.45, 2.75) is 31.5 Å². The lowest BCUT2D eigenvalue weighted by Gasteiger charge is -2.20. The van der Waals surface area contributed by atoms with Crippen molar-refractivity contribution in [1.82, 2.24) is 40.0 Å². The molecule has 0 spiro atoms. The summed E-state index contributed by atoms with van der Waals surface area (Å²) in [6.07, 6.45) is 7.71. The van der Waals surface area contributed by atoms with Crippen LogP contribution in [-0.2, 0) is 18.4 Å². The van der Waals surface area contributed by atoms with Crippen molar-refractivity contribution < 1.29 is 9.59 Å². The number of hydrogen-bond donors (Lipinski definition) is 3. The van der Waals surface area contributed by atoms with E-state index in [1.165, 1.54) is 12.8 Å². The Balaban J connectivity index is 0.00000169. The first-order valence-corrected chi connectivity index (χ1v) is 13.9. The van der Waals surface area contributed by atoms with E-state index >= 15 is 0 Å². The van der Waals surface area contributed by atoms with E-state index in [-0.39, 0.29) is 61.1 Å². The van der Waals surface area contributed by atoms with Gasteiger partial charge in [-0.2, -0.15) is 0 Å². The van der Waals surface area contributed by atoms with Gasteiger partial charge >= 0.3 is 0 Å². The maximum absolute atomic E-state index is 13.3. The van der Waals surface area contributed by atoms with Crippen LogP contribution in [0.4, 0.5) is 0 Å². The van der Waals surface area contributed by atoms with Crippen LogP contribution in [0.1, 0.15) is 23.2 Å². The van der Waals surface area contributed by atoms with E-state index in [4.69, 9.17) is 4.98 Å². The van der Waals surface area contributed by atoms with Gasteiger partial charge in [0, 0.05) is 56.4 Å². The second-order valence-electron chi connectivity index (χ2n) is 11.2. The van der Waals surface area contributed by atoms with Crippen LogP contribution in [0.5, 0.6) is 0 Å². The van der Waals surface area contributed by atoms with Crippen LogP contribution in [0.3, 0.4) is 0 Å². The molecule has 2 atom stereocenters. The Hall–Kier alpha value is -3.15. The van der Waals surface area contributed by atoms with Gasteiger partial charge in [0.05, 0.1) is 28.8 Å². The SMILES string of the molecule is CN(C)C/C=C/C(=O)N[C@@H]1CNC[C@H]1NC(=O)c1ccc2c(c1)nc(-c1cc3cccnc3n1CC1CC1)n2C.Cl.Cl.Cl. The molecule has 4 heterocycles. The summed E-state index contributed by atoms with van der Waals surface area (Å²) in [6, 6.07) is 11.5. The molecular formula is C30H39Cl3N8O2. The van der Waals surface area contributed by atoms with Crippen molar-refractivity contribution in [3.8, 4) is 11.5 Å². The number of nitrogens with zero attached hydrogens (tertiary/aromatic N) is 5. The second kappa shape index (κ2) is 14.5. The molecule has 0 bridgehead atoms. The maximum atomic E-state index is 13.3. The van der Waals surface area contributed by atoms with Gasteiger partial charge in [-0.15, -0.1) is 37.2 Å². The third-order valence-electron chi connectivity index (χ3n) is 7.76. The number of aromatic nitrogens is 4. The zero-order valence-electron chi connectivity index (χ0n) is 24.4. The van der Waals surface area contributed by atoms with Gasteiger partial charge in [-0.3, -0.25) is 9.59 Å². The van der Waals surface area contributed by atoms with Gasteiger partial charge in [0.1, 0.15) is 5.65 Å². The van der Waals surface area contributed by atoms with Gasteiger partial charge in [0.25, 0.3) is 5.91 Å². The van der Waals surface area contributed by atoms with Gasteiger partial charge in [-0.1, -0.05) is 6.08 Å². The zero-order chi connectivity index (χ0) is 27.8. The van der Waals surface area contributed by atoms with Crippen molar-refractivity contribution in [2.24, 2.45) is 13.0 Å². The lowest BCUT2D eigenvalue weighted by atomic mass is 10.1. The molecule has 1 aromatic carbocycles. The molecule has 1 aliphatic heterocycles. The van der Waals surface area contributed by atoms with Crippen LogP contribution < -0.4 is 16.0 Å². The van der Waals surface area contributed by atoms with Crippen molar-refractivity contribution in [2.75, 3.05) is 33.7 Å². The van der Waals surface area contributed by atoms with E-state index in [1.807, 2.05) is 62.6 Å². The second-order valence-corrected chi connectivity index (χ2v) is 11.2. The van der Waals surface area contributed by atoms with E-state index in [9.17, 15) is 9.59 Å². The van der Waals surface area contributed by atoms with E-state index in [1.54, 1.807) is 6.08 Å². The third kappa shape index (κ3) is 7.50. The molecule has 10 nitrogen and oxygen atoms in total. The third-order valence-corrected chi connectivity index (χ3v) is 7.76. The van der Waals surface area contributed by atoms with Crippen molar-refractivity contribution in [3.63, 3.8) is 0 Å². The molecule has 1 saturated heterocycles. The molecule has 2 amide bonds. The largest absolute Gasteiger partial charge is 0.346 e. The summed E-state index contributed by atoms with van der Waals surface area (Å²) in [6.45, 7) is 2.82. The molecule has 0 unspecified atom stereocenters. The number of carbonyl (C=O) groups is 2. The Kier molecular flexibility index (Phi) is 11.6. The predicted octanol–water partition coefficient (Wildman–Crippen LogP) is 3.57. The Morgan fingerprint density at radius 3 is 2.53 bits per heavy atom. The fourth-order valence-corrected chi connectivity index (χ4v) is 5.42. The molecule has 1 aliphatic carbocycles. The first-order chi connectivity index (χ1) is 19.4. The number of pyridine rings is 1.